The first kappa shape index (κ1) is 14.8. The third kappa shape index (κ3) is 3.50. The Labute approximate surface area is 121 Å². The molecule has 1 N–H and O–H groups in total. The third-order valence-electron chi connectivity index (χ3n) is 3.68. The number of hydrogen-bond acceptors (Lipinski definition) is 4. The molecule has 1 aromatic rings. The summed E-state index contributed by atoms with van der Waals surface area (Å²) < 4.78 is 5.74. The molecule has 1 unspecified atom stereocenters. The molecule has 1 heterocycles. The smallest absolute Gasteiger partial charge is 0.101 e. The van der Waals surface area contributed by atoms with Crippen LogP contribution in [-0.4, -0.2) is 32.8 Å². The molecule has 20 heavy (non-hydrogen) atoms. The molecule has 0 radical (unpaired) electrons. The summed E-state index contributed by atoms with van der Waals surface area (Å²) in [4.78, 5) is 2.28. The number of nitrogens with one attached hydrogen (secondary N) is 1. The maximum absolute atomic E-state index is 9.38. The van der Waals surface area contributed by atoms with Crippen LogP contribution in [0.4, 0.5) is 5.69 Å². The number of ether oxygens (including phenoxy) is 1. The number of anilines is 1. The van der Waals surface area contributed by atoms with E-state index >= 15 is 0 Å². The molecule has 0 amide bonds. The van der Waals surface area contributed by atoms with Crippen molar-refractivity contribution >= 4 is 5.69 Å². The molecule has 1 fully saturated rings. The Morgan fingerprint density at radius 1 is 1.50 bits per heavy atom. The van der Waals surface area contributed by atoms with E-state index in [9.17, 15) is 5.26 Å². The van der Waals surface area contributed by atoms with Crippen LogP contribution in [0, 0.1) is 11.3 Å². The van der Waals surface area contributed by atoms with Crippen LogP contribution < -0.4 is 10.2 Å². The van der Waals surface area contributed by atoms with Gasteiger partial charge in [0.25, 0.3) is 0 Å². The molecule has 1 aliphatic rings. The van der Waals surface area contributed by atoms with Crippen molar-refractivity contribution in [3.05, 3.63) is 29.3 Å². The van der Waals surface area contributed by atoms with Crippen LogP contribution in [0.1, 0.15) is 30.9 Å². The van der Waals surface area contributed by atoms with Gasteiger partial charge >= 0.3 is 0 Å². The summed E-state index contributed by atoms with van der Waals surface area (Å²) in [6, 6.07) is 8.47. The maximum atomic E-state index is 9.38. The molecule has 108 valence electrons. The van der Waals surface area contributed by atoms with Gasteiger partial charge in [-0.2, -0.15) is 5.26 Å². The Bertz CT molecular complexity index is 479. The second kappa shape index (κ2) is 7.28. The molecule has 1 saturated heterocycles. The van der Waals surface area contributed by atoms with E-state index in [2.05, 4.69) is 28.4 Å². The Kier molecular flexibility index (Phi) is 5.40. The largest absolute Gasteiger partial charge is 0.377 e. The standard InChI is InChI=1S/C16H23N3O/c1-3-20-15-5-4-8-19(12-15)16-7-6-13(11-18-2)9-14(16)10-17/h6-7,9,15,18H,3-5,8,11-12H2,1-2H3. The number of nitrogens with zero attached hydrogens (tertiary/aromatic N) is 2. The van der Waals surface area contributed by atoms with Crippen molar-refractivity contribution in [3.63, 3.8) is 0 Å². The van der Waals surface area contributed by atoms with Crippen LogP contribution in [0.3, 0.4) is 0 Å². The van der Waals surface area contributed by atoms with Crippen LogP contribution in [0.15, 0.2) is 18.2 Å². The minimum atomic E-state index is 0.289. The van der Waals surface area contributed by atoms with E-state index in [1.807, 2.05) is 20.0 Å². The average Bonchev–Trinajstić information content (AvgIpc) is 2.48. The van der Waals surface area contributed by atoms with Gasteiger partial charge in [0.1, 0.15) is 6.07 Å². The molecule has 4 heteroatoms. The number of nitriles is 1. The summed E-state index contributed by atoms with van der Waals surface area (Å²) >= 11 is 0. The van der Waals surface area contributed by atoms with Crippen LogP contribution in [0.25, 0.3) is 0 Å². The predicted octanol–water partition coefficient (Wildman–Crippen LogP) is 2.28. The van der Waals surface area contributed by atoms with Gasteiger partial charge in [-0.15, -0.1) is 0 Å². The molecule has 1 atom stereocenters. The monoisotopic (exact) mass is 273 g/mol. The summed E-state index contributed by atoms with van der Waals surface area (Å²) in [6.07, 6.45) is 2.52. The second-order valence-corrected chi connectivity index (χ2v) is 5.16. The zero-order chi connectivity index (χ0) is 14.4. The van der Waals surface area contributed by atoms with Gasteiger partial charge in [-0.3, -0.25) is 0 Å². The lowest BCUT2D eigenvalue weighted by Crippen LogP contribution is -2.40. The van der Waals surface area contributed by atoms with Gasteiger partial charge in [0, 0.05) is 26.2 Å². The van der Waals surface area contributed by atoms with Crippen molar-refractivity contribution in [1.29, 1.82) is 5.26 Å². The molecule has 4 nitrogen and oxygen atoms in total. The van der Waals surface area contributed by atoms with Crippen molar-refractivity contribution in [3.8, 4) is 6.07 Å². The molecule has 1 aliphatic heterocycles. The fourth-order valence-electron chi connectivity index (χ4n) is 2.79. The van der Waals surface area contributed by atoms with E-state index in [0.29, 0.717) is 0 Å². The maximum Gasteiger partial charge on any atom is 0.101 e. The molecule has 0 bridgehead atoms. The van der Waals surface area contributed by atoms with Gasteiger partial charge < -0.3 is 15.0 Å². The normalized spacial score (nSPS) is 18.9. The summed E-state index contributed by atoms with van der Waals surface area (Å²) in [7, 11) is 1.91. The number of benzene rings is 1. The van der Waals surface area contributed by atoms with Gasteiger partial charge in [0.05, 0.1) is 17.4 Å². The van der Waals surface area contributed by atoms with E-state index in [1.165, 1.54) is 0 Å². The first-order chi connectivity index (χ1) is 9.78. The van der Waals surface area contributed by atoms with Crippen molar-refractivity contribution in [2.45, 2.75) is 32.4 Å². The molecule has 0 aromatic heterocycles. The minimum Gasteiger partial charge on any atom is -0.377 e. The number of hydrogen-bond donors (Lipinski definition) is 1. The van der Waals surface area contributed by atoms with Gasteiger partial charge in [0.15, 0.2) is 0 Å². The van der Waals surface area contributed by atoms with Crippen LogP contribution in [0.2, 0.25) is 0 Å². The second-order valence-electron chi connectivity index (χ2n) is 5.16. The van der Waals surface area contributed by atoms with Gasteiger partial charge in [-0.1, -0.05) is 6.07 Å². The van der Waals surface area contributed by atoms with E-state index in [0.717, 1.165) is 55.9 Å². The van der Waals surface area contributed by atoms with E-state index < -0.39 is 0 Å². The Morgan fingerprint density at radius 2 is 2.35 bits per heavy atom. The highest BCUT2D eigenvalue weighted by molar-refractivity contribution is 5.60. The van der Waals surface area contributed by atoms with Crippen LogP contribution >= 0.6 is 0 Å². The molecular weight excluding hydrogens is 250 g/mol. The van der Waals surface area contributed by atoms with Crippen molar-refractivity contribution in [2.75, 3.05) is 31.6 Å². The van der Waals surface area contributed by atoms with Gasteiger partial charge in [-0.25, -0.2) is 0 Å². The average molecular weight is 273 g/mol. The summed E-state index contributed by atoms with van der Waals surface area (Å²) in [5, 5.41) is 12.5. The quantitative estimate of drug-likeness (QED) is 0.894. The summed E-state index contributed by atoms with van der Waals surface area (Å²) in [6.45, 7) is 5.46. The number of rotatable bonds is 5. The van der Waals surface area contributed by atoms with Gasteiger partial charge in [-0.05, 0) is 44.5 Å². The lowest BCUT2D eigenvalue weighted by Gasteiger charge is -2.34. The topological polar surface area (TPSA) is 48.3 Å². The van der Waals surface area contributed by atoms with E-state index in [1.54, 1.807) is 0 Å². The first-order valence-electron chi connectivity index (χ1n) is 7.32. The van der Waals surface area contributed by atoms with Crippen LogP contribution in [0.5, 0.6) is 0 Å². The number of piperidine rings is 1. The van der Waals surface area contributed by atoms with E-state index in [-0.39, 0.29) is 6.10 Å². The molecular formula is C16H23N3O. The van der Waals surface area contributed by atoms with E-state index in [4.69, 9.17) is 4.74 Å². The van der Waals surface area contributed by atoms with Crippen LogP contribution in [-0.2, 0) is 11.3 Å². The molecule has 0 saturated carbocycles. The van der Waals surface area contributed by atoms with Crippen molar-refractivity contribution in [1.82, 2.24) is 5.32 Å². The fourth-order valence-corrected chi connectivity index (χ4v) is 2.79. The Hall–Kier alpha value is -1.57. The highest BCUT2D eigenvalue weighted by Gasteiger charge is 2.22. The lowest BCUT2D eigenvalue weighted by molar-refractivity contribution is 0.0526. The third-order valence-corrected chi connectivity index (χ3v) is 3.68. The Balaban J connectivity index is 2.17. The van der Waals surface area contributed by atoms with Crippen molar-refractivity contribution < 1.29 is 4.74 Å². The summed E-state index contributed by atoms with van der Waals surface area (Å²) in [5.74, 6) is 0. The summed E-state index contributed by atoms with van der Waals surface area (Å²) in [5.41, 5.74) is 2.94. The SMILES string of the molecule is CCOC1CCCN(c2ccc(CNC)cc2C#N)C1. The highest BCUT2D eigenvalue weighted by Crippen LogP contribution is 2.25. The zero-order valence-corrected chi connectivity index (χ0v) is 12.4. The Morgan fingerprint density at radius 3 is 3.05 bits per heavy atom. The minimum absolute atomic E-state index is 0.289. The van der Waals surface area contributed by atoms with Crippen molar-refractivity contribution in [2.24, 2.45) is 0 Å². The van der Waals surface area contributed by atoms with Gasteiger partial charge in [0.2, 0.25) is 0 Å². The highest BCUT2D eigenvalue weighted by atomic mass is 16.5. The zero-order valence-electron chi connectivity index (χ0n) is 12.4. The first-order valence-corrected chi connectivity index (χ1v) is 7.32. The molecule has 2 rings (SSSR count). The lowest BCUT2D eigenvalue weighted by atomic mass is 10.0. The molecule has 0 aliphatic carbocycles. The molecule has 0 spiro atoms. The predicted molar refractivity (Wildman–Crippen MR) is 80.8 cm³/mol. The fraction of sp³-hybridized carbons (Fsp3) is 0.562. The molecule has 1 aromatic carbocycles.